The molecular weight excluding hydrogens is 200 g/mol. The van der Waals surface area contributed by atoms with Gasteiger partial charge >= 0.3 is 5.97 Å². The maximum atomic E-state index is 11.3. The van der Waals surface area contributed by atoms with E-state index in [2.05, 4.69) is 13.2 Å². The number of allylic oxidation sites excluding steroid dienone is 2. The first kappa shape index (κ1) is 11.4. The van der Waals surface area contributed by atoms with E-state index in [0.29, 0.717) is 11.8 Å². The highest BCUT2D eigenvalue weighted by Gasteiger charge is 2.44. The molecule has 0 aromatic carbocycles. The number of hydrogen-bond acceptors (Lipinski definition) is 1. The van der Waals surface area contributed by atoms with Crippen LogP contribution in [0.25, 0.3) is 0 Å². The minimum absolute atomic E-state index is 0.182. The molecule has 2 heteroatoms. The monoisotopic (exact) mass is 220 g/mol. The molecule has 0 aliphatic heterocycles. The van der Waals surface area contributed by atoms with E-state index in [1.165, 1.54) is 5.57 Å². The number of carboxylic acid groups (broad SMARTS) is 1. The summed E-state index contributed by atoms with van der Waals surface area (Å²) in [6.45, 7) is 8.01. The van der Waals surface area contributed by atoms with Crippen LogP contribution >= 0.6 is 0 Å². The van der Waals surface area contributed by atoms with Crippen molar-refractivity contribution in [1.82, 2.24) is 0 Å². The van der Waals surface area contributed by atoms with Gasteiger partial charge in [0.15, 0.2) is 0 Å². The highest BCUT2D eigenvalue weighted by Crippen LogP contribution is 2.49. The van der Waals surface area contributed by atoms with Crippen molar-refractivity contribution >= 4 is 5.97 Å². The molecule has 2 aliphatic rings. The zero-order chi connectivity index (χ0) is 11.7. The molecule has 0 aromatic heterocycles. The maximum Gasteiger partial charge on any atom is 0.306 e. The maximum absolute atomic E-state index is 11.3. The van der Waals surface area contributed by atoms with Crippen LogP contribution in [0.3, 0.4) is 0 Å². The van der Waals surface area contributed by atoms with Gasteiger partial charge in [0.25, 0.3) is 0 Å². The molecule has 4 atom stereocenters. The van der Waals surface area contributed by atoms with E-state index >= 15 is 0 Å². The predicted octanol–water partition coefficient (Wildman–Crippen LogP) is 3.26. The van der Waals surface area contributed by atoms with E-state index in [-0.39, 0.29) is 11.8 Å². The van der Waals surface area contributed by atoms with Crippen molar-refractivity contribution in [2.75, 3.05) is 0 Å². The molecular formula is C14H20O2. The second-order valence-corrected chi connectivity index (χ2v) is 5.16. The van der Waals surface area contributed by atoms with E-state index in [4.69, 9.17) is 0 Å². The van der Waals surface area contributed by atoms with Crippen molar-refractivity contribution in [1.29, 1.82) is 0 Å². The lowest BCUT2D eigenvalue weighted by Gasteiger charge is -2.44. The van der Waals surface area contributed by atoms with E-state index in [1.807, 2.05) is 6.08 Å². The fourth-order valence-corrected chi connectivity index (χ4v) is 3.59. The van der Waals surface area contributed by atoms with Crippen molar-refractivity contribution in [2.24, 2.45) is 23.7 Å². The van der Waals surface area contributed by atoms with Crippen LogP contribution in [0.1, 0.15) is 32.1 Å². The first-order chi connectivity index (χ1) is 7.65. The lowest BCUT2D eigenvalue weighted by molar-refractivity contribution is -0.147. The molecule has 1 N–H and O–H groups in total. The third kappa shape index (κ3) is 1.81. The summed E-state index contributed by atoms with van der Waals surface area (Å²) in [6.07, 6.45) is 7.02. The summed E-state index contributed by atoms with van der Waals surface area (Å²) in [5.41, 5.74) is 1.27. The fraction of sp³-hybridized carbons (Fsp3) is 0.643. The molecule has 0 bridgehead atoms. The second-order valence-electron chi connectivity index (χ2n) is 5.16. The minimum Gasteiger partial charge on any atom is -0.481 e. The van der Waals surface area contributed by atoms with Gasteiger partial charge in [-0.1, -0.05) is 24.6 Å². The van der Waals surface area contributed by atoms with Crippen molar-refractivity contribution in [3.63, 3.8) is 0 Å². The van der Waals surface area contributed by atoms with Gasteiger partial charge in [-0.15, -0.1) is 6.58 Å². The van der Waals surface area contributed by atoms with Crippen LogP contribution in [0.2, 0.25) is 0 Å². The summed E-state index contributed by atoms with van der Waals surface area (Å²) >= 11 is 0. The summed E-state index contributed by atoms with van der Waals surface area (Å²) < 4.78 is 0. The van der Waals surface area contributed by atoms with Crippen LogP contribution in [0.15, 0.2) is 24.8 Å². The van der Waals surface area contributed by atoms with E-state index in [9.17, 15) is 9.90 Å². The number of fused-ring (bicyclic) bond motifs is 1. The molecule has 0 aromatic rings. The summed E-state index contributed by atoms with van der Waals surface area (Å²) in [7, 11) is 0. The zero-order valence-corrected chi connectivity index (χ0v) is 9.69. The Morgan fingerprint density at radius 1 is 1.38 bits per heavy atom. The number of aliphatic carboxylic acids is 1. The first-order valence-electron chi connectivity index (χ1n) is 6.18. The molecule has 2 fully saturated rings. The van der Waals surface area contributed by atoms with Gasteiger partial charge < -0.3 is 5.11 Å². The molecule has 2 aliphatic carbocycles. The molecule has 2 saturated carbocycles. The van der Waals surface area contributed by atoms with Gasteiger partial charge in [-0.05, 0) is 43.4 Å². The number of rotatable bonds is 2. The van der Waals surface area contributed by atoms with Crippen molar-refractivity contribution < 1.29 is 9.90 Å². The summed E-state index contributed by atoms with van der Waals surface area (Å²) in [5, 5.41) is 9.31. The normalized spacial score (nSPS) is 38.9. The summed E-state index contributed by atoms with van der Waals surface area (Å²) in [4.78, 5) is 11.3. The van der Waals surface area contributed by atoms with Crippen LogP contribution in [0.4, 0.5) is 0 Å². The van der Waals surface area contributed by atoms with Gasteiger partial charge in [-0.25, -0.2) is 0 Å². The van der Waals surface area contributed by atoms with Gasteiger partial charge in [0.2, 0.25) is 0 Å². The highest BCUT2D eigenvalue weighted by molar-refractivity contribution is 5.70. The predicted molar refractivity (Wildman–Crippen MR) is 64.0 cm³/mol. The Hall–Kier alpha value is -1.05. The molecule has 16 heavy (non-hydrogen) atoms. The average Bonchev–Trinajstić information content (AvgIpc) is 2.29. The van der Waals surface area contributed by atoms with Crippen LogP contribution in [-0.4, -0.2) is 11.1 Å². The lowest BCUT2D eigenvalue weighted by atomic mass is 9.59. The molecule has 4 unspecified atom stereocenters. The van der Waals surface area contributed by atoms with E-state index in [0.717, 1.165) is 32.1 Å². The van der Waals surface area contributed by atoms with Crippen molar-refractivity contribution in [2.45, 2.75) is 32.1 Å². The number of carboxylic acids is 1. The Labute approximate surface area is 97.0 Å². The highest BCUT2D eigenvalue weighted by atomic mass is 16.4. The Bertz CT molecular complexity index is 313. The number of hydrogen-bond donors (Lipinski definition) is 1. The van der Waals surface area contributed by atoms with Crippen molar-refractivity contribution in [3.8, 4) is 0 Å². The van der Waals surface area contributed by atoms with Crippen LogP contribution < -0.4 is 0 Å². The first-order valence-corrected chi connectivity index (χ1v) is 6.18. The molecule has 2 nitrogen and oxygen atoms in total. The van der Waals surface area contributed by atoms with Crippen LogP contribution in [-0.2, 0) is 4.79 Å². The van der Waals surface area contributed by atoms with Gasteiger partial charge in [0.05, 0.1) is 5.92 Å². The lowest BCUT2D eigenvalue weighted by Crippen LogP contribution is -2.40. The summed E-state index contributed by atoms with van der Waals surface area (Å²) in [5.74, 6) is 0.239. The van der Waals surface area contributed by atoms with Crippen LogP contribution in [0, 0.1) is 23.7 Å². The Morgan fingerprint density at radius 3 is 2.75 bits per heavy atom. The average molecular weight is 220 g/mol. The molecule has 0 radical (unpaired) electrons. The topological polar surface area (TPSA) is 37.3 Å². The molecule has 0 spiro atoms. The molecule has 2 rings (SSSR count). The molecule has 0 saturated heterocycles. The Balaban J connectivity index is 2.27. The fourth-order valence-electron chi connectivity index (χ4n) is 3.59. The smallest absolute Gasteiger partial charge is 0.306 e. The largest absolute Gasteiger partial charge is 0.481 e. The van der Waals surface area contributed by atoms with Crippen LogP contribution in [0.5, 0.6) is 0 Å². The standard InChI is InChI=1S/C14H20O2/c1-3-10-8-7-9(2)11-5-4-6-12(13(10)11)14(15)16/h3,10-13H,1-2,4-8H2,(H,15,16). The zero-order valence-electron chi connectivity index (χ0n) is 9.69. The van der Waals surface area contributed by atoms with Crippen molar-refractivity contribution in [3.05, 3.63) is 24.8 Å². The quantitative estimate of drug-likeness (QED) is 0.725. The second kappa shape index (κ2) is 4.44. The molecule has 0 amide bonds. The van der Waals surface area contributed by atoms with Gasteiger partial charge in [0.1, 0.15) is 0 Å². The number of carbonyl (C=O) groups is 1. The Morgan fingerprint density at radius 2 is 2.12 bits per heavy atom. The SMILES string of the molecule is C=CC1CCC(=C)C2CCCC(C(=O)O)C12. The van der Waals surface area contributed by atoms with E-state index in [1.54, 1.807) is 0 Å². The third-order valence-electron chi connectivity index (χ3n) is 4.40. The third-order valence-corrected chi connectivity index (χ3v) is 4.40. The summed E-state index contributed by atoms with van der Waals surface area (Å²) in [6, 6.07) is 0. The molecule has 88 valence electrons. The molecule has 0 heterocycles. The minimum atomic E-state index is -0.628. The van der Waals surface area contributed by atoms with Gasteiger partial charge in [0, 0.05) is 0 Å². The Kier molecular flexibility index (Phi) is 3.17. The van der Waals surface area contributed by atoms with Gasteiger partial charge in [-0.2, -0.15) is 0 Å². The van der Waals surface area contributed by atoms with Gasteiger partial charge in [-0.3, -0.25) is 4.79 Å². The van der Waals surface area contributed by atoms with E-state index < -0.39 is 5.97 Å².